The number of benzene rings is 1. The first kappa shape index (κ1) is 18.8. The third-order valence-corrected chi connectivity index (χ3v) is 4.86. The number of rotatable bonds is 6. The standard InChI is InChI=1S/C20H24N4O3/c1-22-20(26)17-11-14(9-10-23-17)27-18-8-3-2-7-16(18)24-19(25)15-6-4-5-13(15)12-21/h2-3,7-11,13,15H,4-6,12,21H2,1H3,(H,22,26)(H,24,25)/t13-,15-/m1/s1. The van der Waals surface area contributed by atoms with E-state index in [0.29, 0.717) is 23.7 Å². The van der Waals surface area contributed by atoms with Gasteiger partial charge >= 0.3 is 0 Å². The number of nitrogens with two attached hydrogens (primary N) is 1. The molecule has 142 valence electrons. The van der Waals surface area contributed by atoms with Crippen molar-refractivity contribution >= 4 is 17.5 Å². The third-order valence-electron chi connectivity index (χ3n) is 4.86. The number of ether oxygens (including phenoxy) is 1. The number of carbonyl (C=O) groups is 2. The first-order valence-corrected chi connectivity index (χ1v) is 9.08. The summed E-state index contributed by atoms with van der Waals surface area (Å²) in [6.07, 6.45) is 4.38. The van der Waals surface area contributed by atoms with Crippen LogP contribution in [0, 0.1) is 11.8 Å². The van der Waals surface area contributed by atoms with E-state index in [1.165, 1.54) is 6.20 Å². The van der Waals surface area contributed by atoms with Crippen molar-refractivity contribution in [1.29, 1.82) is 0 Å². The summed E-state index contributed by atoms with van der Waals surface area (Å²) < 4.78 is 5.90. The minimum atomic E-state index is -0.295. The summed E-state index contributed by atoms with van der Waals surface area (Å²) in [5.74, 6) is 0.807. The minimum Gasteiger partial charge on any atom is -0.455 e. The molecular weight excluding hydrogens is 344 g/mol. The first-order valence-electron chi connectivity index (χ1n) is 9.08. The van der Waals surface area contributed by atoms with E-state index in [1.807, 2.05) is 12.1 Å². The van der Waals surface area contributed by atoms with Crippen molar-refractivity contribution in [2.24, 2.45) is 17.6 Å². The molecule has 2 aromatic rings. The second-order valence-corrected chi connectivity index (χ2v) is 6.58. The number of anilines is 1. The second-order valence-electron chi connectivity index (χ2n) is 6.58. The van der Waals surface area contributed by atoms with Crippen LogP contribution in [-0.2, 0) is 4.79 Å². The molecule has 1 fully saturated rings. The average molecular weight is 368 g/mol. The van der Waals surface area contributed by atoms with Crippen LogP contribution in [0.25, 0.3) is 0 Å². The molecule has 7 nitrogen and oxygen atoms in total. The largest absolute Gasteiger partial charge is 0.455 e. The number of amides is 2. The zero-order chi connectivity index (χ0) is 19.2. The molecule has 27 heavy (non-hydrogen) atoms. The Balaban J connectivity index is 1.76. The lowest BCUT2D eigenvalue weighted by Gasteiger charge is -2.19. The smallest absolute Gasteiger partial charge is 0.269 e. The molecule has 0 spiro atoms. The Morgan fingerprint density at radius 2 is 2.07 bits per heavy atom. The monoisotopic (exact) mass is 368 g/mol. The van der Waals surface area contributed by atoms with Gasteiger partial charge in [0.1, 0.15) is 11.4 Å². The molecule has 1 aliphatic carbocycles. The van der Waals surface area contributed by atoms with Gasteiger partial charge in [-0.15, -0.1) is 0 Å². The number of aromatic nitrogens is 1. The van der Waals surface area contributed by atoms with Gasteiger partial charge in [0.15, 0.2) is 5.75 Å². The molecule has 1 saturated carbocycles. The lowest BCUT2D eigenvalue weighted by molar-refractivity contribution is -0.120. The van der Waals surface area contributed by atoms with Crippen LogP contribution in [0.3, 0.4) is 0 Å². The van der Waals surface area contributed by atoms with Crippen LogP contribution < -0.4 is 21.1 Å². The summed E-state index contributed by atoms with van der Waals surface area (Å²) in [5, 5.41) is 5.50. The molecule has 1 heterocycles. The van der Waals surface area contributed by atoms with Crippen molar-refractivity contribution in [3.8, 4) is 11.5 Å². The maximum atomic E-state index is 12.7. The van der Waals surface area contributed by atoms with Gasteiger partial charge in [0, 0.05) is 25.2 Å². The molecule has 1 aromatic carbocycles. The molecule has 4 N–H and O–H groups in total. The SMILES string of the molecule is CNC(=O)c1cc(Oc2ccccc2NC(=O)[C@@H]2CCC[C@@H]2CN)ccn1. The Labute approximate surface area is 158 Å². The molecule has 0 unspecified atom stereocenters. The highest BCUT2D eigenvalue weighted by molar-refractivity contribution is 5.94. The lowest BCUT2D eigenvalue weighted by atomic mass is 9.95. The van der Waals surface area contributed by atoms with E-state index < -0.39 is 0 Å². The van der Waals surface area contributed by atoms with Crippen molar-refractivity contribution < 1.29 is 14.3 Å². The van der Waals surface area contributed by atoms with Crippen LogP contribution in [0.1, 0.15) is 29.8 Å². The lowest BCUT2D eigenvalue weighted by Crippen LogP contribution is -2.29. The van der Waals surface area contributed by atoms with Crippen LogP contribution in [-0.4, -0.2) is 30.4 Å². The number of para-hydroxylation sites is 2. The first-order chi connectivity index (χ1) is 13.1. The summed E-state index contributed by atoms with van der Waals surface area (Å²) in [4.78, 5) is 28.4. The molecule has 3 rings (SSSR count). The van der Waals surface area contributed by atoms with Crippen molar-refractivity contribution in [2.45, 2.75) is 19.3 Å². The number of carbonyl (C=O) groups excluding carboxylic acids is 2. The average Bonchev–Trinajstić information content (AvgIpc) is 3.18. The van der Waals surface area contributed by atoms with Crippen LogP contribution in [0.5, 0.6) is 11.5 Å². The van der Waals surface area contributed by atoms with Crippen molar-refractivity contribution in [3.63, 3.8) is 0 Å². The maximum Gasteiger partial charge on any atom is 0.269 e. The highest BCUT2D eigenvalue weighted by atomic mass is 16.5. The van der Waals surface area contributed by atoms with E-state index in [-0.39, 0.29) is 29.3 Å². The van der Waals surface area contributed by atoms with E-state index in [2.05, 4.69) is 15.6 Å². The van der Waals surface area contributed by atoms with E-state index in [9.17, 15) is 9.59 Å². The van der Waals surface area contributed by atoms with Crippen LogP contribution in [0.2, 0.25) is 0 Å². The Morgan fingerprint density at radius 3 is 2.85 bits per heavy atom. The molecule has 1 aromatic heterocycles. The zero-order valence-electron chi connectivity index (χ0n) is 15.3. The predicted octanol–water partition coefficient (Wildman–Crippen LogP) is 2.55. The predicted molar refractivity (Wildman–Crippen MR) is 103 cm³/mol. The number of nitrogens with one attached hydrogen (secondary N) is 2. The second kappa shape index (κ2) is 8.64. The Hall–Kier alpha value is -2.93. The van der Waals surface area contributed by atoms with Crippen LogP contribution in [0.4, 0.5) is 5.69 Å². The Bertz CT molecular complexity index is 824. The van der Waals surface area contributed by atoms with Gasteiger partial charge in [-0.3, -0.25) is 14.6 Å². The number of pyridine rings is 1. The van der Waals surface area contributed by atoms with E-state index >= 15 is 0 Å². The number of hydrogen-bond donors (Lipinski definition) is 3. The summed E-state index contributed by atoms with van der Waals surface area (Å²) in [6.45, 7) is 0.523. The zero-order valence-corrected chi connectivity index (χ0v) is 15.3. The molecule has 7 heteroatoms. The van der Waals surface area contributed by atoms with Gasteiger partial charge in [-0.1, -0.05) is 18.6 Å². The Kier molecular flexibility index (Phi) is 6.03. The molecule has 0 radical (unpaired) electrons. The van der Waals surface area contributed by atoms with Gasteiger partial charge in [-0.2, -0.15) is 0 Å². The van der Waals surface area contributed by atoms with Crippen molar-refractivity contribution in [2.75, 3.05) is 18.9 Å². The molecule has 0 bridgehead atoms. The molecule has 2 atom stereocenters. The highest BCUT2D eigenvalue weighted by Gasteiger charge is 2.32. The van der Waals surface area contributed by atoms with Crippen molar-refractivity contribution in [3.05, 3.63) is 48.3 Å². The van der Waals surface area contributed by atoms with Gasteiger partial charge in [0.2, 0.25) is 5.91 Å². The third kappa shape index (κ3) is 4.43. The van der Waals surface area contributed by atoms with E-state index in [0.717, 1.165) is 19.3 Å². The molecule has 1 aliphatic rings. The molecule has 0 saturated heterocycles. The van der Waals surface area contributed by atoms with Crippen LogP contribution in [0.15, 0.2) is 42.6 Å². The topological polar surface area (TPSA) is 106 Å². The van der Waals surface area contributed by atoms with Crippen molar-refractivity contribution in [1.82, 2.24) is 10.3 Å². The van der Waals surface area contributed by atoms with E-state index in [1.54, 1.807) is 31.3 Å². The van der Waals surface area contributed by atoms with Gasteiger partial charge in [-0.05, 0) is 43.5 Å². The normalized spacial score (nSPS) is 18.7. The number of hydrogen-bond acceptors (Lipinski definition) is 5. The Morgan fingerprint density at radius 1 is 1.26 bits per heavy atom. The van der Waals surface area contributed by atoms with Gasteiger partial charge in [0.25, 0.3) is 5.91 Å². The molecular formula is C20H24N4O3. The van der Waals surface area contributed by atoms with Gasteiger partial charge in [0.05, 0.1) is 5.69 Å². The summed E-state index contributed by atoms with van der Waals surface area (Å²) >= 11 is 0. The quantitative estimate of drug-likeness (QED) is 0.726. The van der Waals surface area contributed by atoms with E-state index in [4.69, 9.17) is 10.5 Å². The molecule has 2 amide bonds. The summed E-state index contributed by atoms with van der Waals surface area (Å²) in [6, 6.07) is 10.4. The minimum absolute atomic E-state index is 0.0280. The van der Waals surface area contributed by atoms with Gasteiger partial charge < -0.3 is 21.1 Å². The molecule has 0 aliphatic heterocycles. The number of nitrogens with zero attached hydrogens (tertiary/aromatic N) is 1. The maximum absolute atomic E-state index is 12.7. The fourth-order valence-electron chi connectivity index (χ4n) is 3.40. The fourth-order valence-corrected chi connectivity index (χ4v) is 3.40. The highest BCUT2D eigenvalue weighted by Crippen LogP contribution is 2.34. The summed E-state index contributed by atoms with van der Waals surface area (Å²) in [5.41, 5.74) is 6.64. The summed E-state index contributed by atoms with van der Waals surface area (Å²) in [7, 11) is 1.54. The fraction of sp³-hybridized carbons (Fsp3) is 0.350. The van der Waals surface area contributed by atoms with Gasteiger partial charge in [-0.25, -0.2) is 0 Å². The van der Waals surface area contributed by atoms with Crippen LogP contribution >= 0.6 is 0 Å².